The Bertz CT molecular complexity index is 490. The van der Waals surface area contributed by atoms with Crippen LogP contribution < -0.4 is 0 Å². The molecule has 1 fully saturated rings. The van der Waals surface area contributed by atoms with Gasteiger partial charge in [-0.15, -0.1) is 0 Å². The van der Waals surface area contributed by atoms with E-state index >= 15 is 0 Å². The predicted molar refractivity (Wildman–Crippen MR) is 97.2 cm³/mol. The van der Waals surface area contributed by atoms with E-state index in [1.807, 2.05) is 18.2 Å². The average molecular weight is 316 g/mol. The molecule has 1 heterocycles. The van der Waals surface area contributed by atoms with Crippen LogP contribution in [0.4, 0.5) is 0 Å². The lowest BCUT2D eigenvalue weighted by Gasteiger charge is -2.39. The van der Waals surface area contributed by atoms with Gasteiger partial charge in [-0.05, 0) is 39.3 Å². The minimum absolute atomic E-state index is 0.180. The zero-order chi connectivity index (χ0) is 16.7. The number of unbranched alkanes of at least 4 members (excludes halogenated alkanes) is 1. The minimum atomic E-state index is 0.180. The lowest BCUT2D eigenvalue weighted by molar-refractivity contribution is 0.0996. The third-order valence-electron chi connectivity index (χ3n) is 4.50. The SMILES string of the molecule is CCCC[C@H](C)N1CCN(C2=C=CC=CC=C2OC(C)C)CC1. The molecule has 0 bridgehead atoms. The van der Waals surface area contributed by atoms with Gasteiger partial charge in [-0.2, -0.15) is 0 Å². The number of allylic oxidation sites excluding steroid dienone is 3. The lowest BCUT2D eigenvalue weighted by Crippen LogP contribution is -2.49. The number of ether oxygens (including phenoxy) is 1. The van der Waals surface area contributed by atoms with Crippen LogP contribution in [0, 0.1) is 0 Å². The summed E-state index contributed by atoms with van der Waals surface area (Å²) in [6.45, 7) is 13.1. The molecule has 3 heteroatoms. The van der Waals surface area contributed by atoms with Gasteiger partial charge in [0.05, 0.1) is 6.10 Å². The van der Waals surface area contributed by atoms with Crippen LogP contribution in [0.1, 0.15) is 47.0 Å². The highest BCUT2D eigenvalue weighted by Crippen LogP contribution is 2.22. The summed E-state index contributed by atoms with van der Waals surface area (Å²) in [5, 5.41) is 0. The van der Waals surface area contributed by atoms with Gasteiger partial charge in [0.15, 0.2) is 5.76 Å². The van der Waals surface area contributed by atoms with Crippen LogP contribution >= 0.6 is 0 Å². The van der Waals surface area contributed by atoms with Crippen LogP contribution in [0.3, 0.4) is 0 Å². The van der Waals surface area contributed by atoms with Crippen molar-refractivity contribution >= 4 is 0 Å². The highest BCUT2D eigenvalue weighted by molar-refractivity contribution is 5.33. The van der Waals surface area contributed by atoms with Gasteiger partial charge in [-0.3, -0.25) is 4.90 Å². The molecule has 2 rings (SSSR count). The maximum atomic E-state index is 6.00. The van der Waals surface area contributed by atoms with E-state index in [1.54, 1.807) is 0 Å². The second kappa shape index (κ2) is 9.00. The molecule has 0 saturated carbocycles. The molecule has 1 aliphatic carbocycles. The van der Waals surface area contributed by atoms with Gasteiger partial charge in [0, 0.05) is 32.2 Å². The molecule has 0 amide bonds. The van der Waals surface area contributed by atoms with Gasteiger partial charge < -0.3 is 9.64 Å². The Morgan fingerprint density at radius 2 is 1.87 bits per heavy atom. The normalized spacial score (nSPS) is 20.3. The van der Waals surface area contributed by atoms with Crippen LogP contribution in [-0.2, 0) is 4.74 Å². The van der Waals surface area contributed by atoms with E-state index < -0.39 is 0 Å². The van der Waals surface area contributed by atoms with Gasteiger partial charge in [0.25, 0.3) is 0 Å². The van der Waals surface area contributed by atoms with E-state index in [9.17, 15) is 0 Å². The Kier molecular flexibility index (Phi) is 7.01. The Balaban J connectivity index is 1.97. The molecular formula is C20H32N2O. The van der Waals surface area contributed by atoms with E-state index in [4.69, 9.17) is 4.74 Å². The molecule has 0 unspecified atom stereocenters. The van der Waals surface area contributed by atoms with Crippen LogP contribution in [-0.4, -0.2) is 48.1 Å². The van der Waals surface area contributed by atoms with Crippen molar-refractivity contribution in [2.45, 2.75) is 59.1 Å². The molecule has 0 aromatic rings. The van der Waals surface area contributed by atoms with Gasteiger partial charge in [0.1, 0.15) is 5.70 Å². The highest BCUT2D eigenvalue weighted by atomic mass is 16.5. The molecule has 128 valence electrons. The minimum Gasteiger partial charge on any atom is -0.488 e. The van der Waals surface area contributed by atoms with Crippen LogP contribution in [0.15, 0.2) is 41.5 Å². The molecular weight excluding hydrogens is 284 g/mol. The monoisotopic (exact) mass is 316 g/mol. The number of hydrogen-bond acceptors (Lipinski definition) is 3. The van der Waals surface area contributed by atoms with Crippen molar-refractivity contribution < 1.29 is 4.74 Å². The summed E-state index contributed by atoms with van der Waals surface area (Å²) < 4.78 is 6.00. The summed E-state index contributed by atoms with van der Waals surface area (Å²) >= 11 is 0. The van der Waals surface area contributed by atoms with Crippen molar-refractivity contribution in [2.75, 3.05) is 26.2 Å². The van der Waals surface area contributed by atoms with Crippen molar-refractivity contribution in [3.63, 3.8) is 0 Å². The Morgan fingerprint density at radius 3 is 2.52 bits per heavy atom. The van der Waals surface area contributed by atoms with E-state index in [0.29, 0.717) is 6.04 Å². The maximum Gasteiger partial charge on any atom is 0.151 e. The highest BCUT2D eigenvalue weighted by Gasteiger charge is 2.24. The lowest BCUT2D eigenvalue weighted by atomic mass is 10.1. The Morgan fingerprint density at radius 1 is 1.13 bits per heavy atom. The summed E-state index contributed by atoms with van der Waals surface area (Å²) in [5.74, 6) is 0.942. The summed E-state index contributed by atoms with van der Waals surface area (Å²) in [4.78, 5) is 5.04. The van der Waals surface area contributed by atoms with Crippen molar-refractivity contribution in [3.05, 3.63) is 41.5 Å². The van der Waals surface area contributed by atoms with Crippen molar-refractivity contribution in [1.82, 2.24) is 9.80 Å². The smallest absolute Gasteiger partial charge is 0.151 e. The third-order valence-corrected chi connectivity index (χ3v) is 4.50. The largest absolute Gasteiger partial charge is 0.488 e. The van der Waals surface area contributed by atoms with Crippen molar-refractivity contribution in [3.8, 4) is 0 Å². The van der Waals surface area contributed by atoms with E-state index in [0.717, 1.165) is 37.6 Å². The summed E-state index contributed by atoms with van der Waals surface area (Å²) in [6.07, 6.45) is 12.2. The first-order chi connectivity index (χ1) is 11.1. The van der Waals surface area contributed by atoms with Crippen LogP contribution in [0.25, 0.3) is 0 Å². The fraction of sp³-hybridized carbons (Fsp3) is 0.650. The molecule has 1 saturated heterocycles. The first-order valence-electron chi connectivity index (χ1n) is 9.11. The molecule has 23 heavy (non-hydrogen) atoms. The molecule has 0 radical (unpaired) electrons. The standard InChI is InChI=1S/C20H32N2O/c1-5-6-10-18(4)21-13-15-22(16-14-21)19-11-8-7-9-12-20(19)23-17(2)3/h7-9,12,17-18H,5-6,10,13-16H2,1-4H3/t18-/m0/s1. The summed E-state index contributed by atoms with van der Waals surface area (Å²) in [5.41, 5.74) is 4.51. The van der Waals surface area contributed by atoms with Gasteiger partial charge in [0.2, 0.25) is 0 Å². The fourth-order valence-electron chi connectivity index (χ4n) is 3.14. The van der Waals surface area contributed by atoms with Crippen molar-refractivity contribution in [2.24, 2.45) is 0 Å². The fourth-order valence-corrected chi connectivity index (χ4v) is 3.14. The van der Waals surface area contributed by atoms with Crippen LogP contribution in [0.2, 0.25) is 0 Å². The molecule has 1 aliphatic heterocycles. The van der Waals surface area contributed by atoms with Gasteiger partial charge in [-0.1, -0.05) is 37.6 Å². The molecule has 0 N–H and O–H groups in total. The molecule has 0 aromatic carbocycles. The molecule has 0 aromatic heterocycles. The third kappa shape index (κ3) is 5.30. The number of piperazine rings is 1. The first-order valence-corrected chi connectivity index (χ1v) is 9.11. The van der Waals surface area contributed by atoms with Crippen LogP contribution in [0.5, 0.6) is 0 Å². The Hall–Kier alpha value is -1.44. The zero-order valence-electron chi connectivity index (χ0n) is 15.2. The summed E-state index contributed by atoms with van der Waals surface area (Å²) in [6, 6.07) is 0.694. The van der Waals surface area contributed by atoms with E-state index in [2.05, 4.69) is 49.3 Å². The molecule has 2 aliphatic rings. The maximum absolute atomic E-state index is 6.00. The van der Waals surface area contributed by atoms with E-state index in [1.165, 1.54) is 19.3 Å². The quantitative estimate of drug-likeness (QED) is 0.658. The van der Waals surface area contributed by atoms with Gasteiger partial charge >= 0.3 is 0 Å². The second-order valence-electron chi connectivity index (χ2n) is 6.76. The van der Waals surface area contributed by atoms with E-state index in [-0.39, 0.29) is 6.10 Å². The van der Waals surface area contributed by atoms with Gasteiger partial charge in [-0.25, -0.2) is 0 Å². The molecule has 0 spiro atoms. The number of rotatable bonds is 7. The average Bonchev–Trinajstić information content (AvgIpc) is 2.77. The summed E-state index contributed by atoms with van der Waals surface area (Å²) in [7, 11) is 0. The van der Waals surface area contributed by atoms with Crippen molar-refractivity contribution in [1.29, 1.82) is 0 Å². The predicted octanol–water partition coefficient (Wildman–Crippen LogP) is 4.10. The molecule has 3 nitrogen and oxygen atoms in total. The topological polar surface area (TPSA) is 15.7 Å². The first kappa shape index (κ1) is 17.9. The number of nitrogens with zero attached hydrogens (tertiary/aromatic N) is 2. The number of hydrogen-bond donors (Lipinski definition) is 0. The zero-order valence-corrected chi connectivity index (χ0v) is 15.2. The molecule has 1 atom stereocenters. The second-order valence-corrected chi connectivity index (χ2v) is 6.76. The Labute approximate surface area is 142 Å².